The smallest absolute Gasteiger partial charge is 0.177 e. The molecule has 0 N–H and O–H groups in total. The summed E-state index contributed by atoms with van der Waals surface area (Å²) in [7, 11) is 1.97. The summed E-state index contributed by atoms with van der Waals surface area (Å²) in [5.41, 5.74) is 1.89. The average molecular weight is 205 g/mol. The predicted octanol–water partition coefficient (Wildman–Crippen LogP) is 2.52. The van der Waals surface area contributed by atoms with E-state index in [0.29, 0.717) is 12.6 Å². The molecule has 0 atom stereocenters. The lowest BCUT2D eigenvalue weighted by Gasteiger charge is -2.20. The van der Waals surface area contributed by atoms with Crippen LogP contribution in [-0.4, -0.2) is 30.3 Å². The van der Waals surface area contributed by atoms with Gasteiger partial charge >= 0.3 is 0 Å². The topological polar surface area (TPSA) is 20.3 Å². The summed E-state index contributed by atoms with van der Waals surface area (Å²) in [5, 5.41) is 0. The van der Waals surface area contributed by atoms with Gasteiger partial charge < -0.3 is 0 Å². The fourth-order valence-electron chi connectivity index (χ4n) is 1.38. The molecule has 1 aromatic rings. The van der Waals surface area contributed by atoms with Gasteiger partial charge in [0.1, 0.15) is 0 Å². The molecule has 82 valence electrons. The molecule has 0 fully saturated rings. The van der Waals surface area contributed by atoms with Crippen molar-refractivity contribution in [3.8, 4) is 0 Å². The third-order valence-electron chi connectivity index (χ3n) is 2.72. The number of Topliss-reactive ketones (excluding diaryl/α,β-unsaturated/α-hetero) is 1. The Morgan fingerprint density at radius 1 is 1.33 bits per heavy atom. The number of benzene rings is 1. The summed E-state index contributed by atoms with van der Waals surface area (Å²) in [5.74, 6) is 0.198. The highest BCUT2D eigenvalue weighted by Crippen LogP contribution is 2.09. The first kappa shape index (κ1) is 11.9. The predicted molar refractivity (Wildman–Crippen MR) is 63.3 cm³/mol. The largest absolute Gasteiger partial charge is 0.296 e. The van der Waals surface area contributed by atoms with Gasteiger partial charge in [-0.2, -0.15) is 0 Å². The number of aryl methyl sites for hydroxylation is 1. The van der Waals surface area contributed by atoms with E-state index in [1.165, 1.54) is 0 Å². The van der Waals surface area contributed by atoms with Gasteiger partial charge in [0.05, 0.1) is 6.54 Å². The van der Waals surface area contributed by atoms with Crippen LogP contribution in [-0.2, 0) is 0 Å². The maximum atomic E-state index is 11.9. The van der Waals surface area contributed by atoms with E-state index in [4.69, 9.17) is 0 Å². The van der Waals surface area contributed by atoms with Crippen molar-refractivity contribution in [2.45, 2.75) is 26.8 Å². The van der Waals surface area contributed by atoms with Crippen molar-refractivity contribution in [1.29, 1.82) is 0 Å². The normalized spacial score (nSPS) is 11.1. The monoisotopic (exact) mass is 205 g/mol. The van der Waals surface area contributed by atoms with Crippen molar-refractivity contribution in [1.82, 2.24) is 4.90 Å². The summed E-state index contributed by atoms with van der Waals surface area (Å²) in [4.78, 5) is 14.0. The Morgan fingerprint density at radius 3 is 2.47 bits per heavy atom. The second-order valence-electron chi connectivity index (χ2n) is 4.25. The highest BCUT2D eigenvalue weighted by Gasteiger charge is 2.12. The molecule has 2 nitrogen and oxygen atoms in total. The van der Waals surface area contributed by atoms with Crippen molar-refractivity contribution < 1.29 is 4.79 Å². The molecule has 0 amide bonds. The Kier molecular flexibility index (Phi) is 4.04. The summed E-state index contributed by atoms with van der Waals surface area (Å²) < 4.78 is 0. The van der Waals surface area contributed by atoms with E-state index in [0.717, 1.165) is 11.1 Å². The third-order valence-corrected chi connectivity index (χ3v) is 2.72. The molecule has 0 radical (unpaired) electrons. The quantitative estimate of drug-likeness (QED) is 0.704. The summed E-state index contributed by atoms with van der Waals surface area (Å²) >= 11 is 0. The number of hydrogen-bond acceptors (Lipinski definition) is 2. The van der Waals surface area contributed by atoms with Crippen LogP contribution in [0.4, 0.5) is 0 Å². The minimum absolute atomic E-state index is 0.198. The highest BCUT2D eigenvalue weighted by molar-refractivity contribution is 5.98. The van der Waals surface area contributed by atoms with E-state index in [1.807, 2.05) is 38.2 Å². The molecular formula is C13H19NO. The van der Waals surface area contributed by atoms with E-state index >= 15 is 0 Å². The fraction of sp³-hybridized carbons (Fsp3) is 0.462. The van der Waals surface area contributed by atoms with Gasteiger partial charge in [-0.1, -0.05) is 24.3 Å². The minimum Gasteiger partial charge on any atom is -0.296 e. The molecule has 0 saturated carbocycles. The van der Waals surface area contributed by atoms with Gasteiger partial charge in [-0.05, 0) is 33.4 Å². The molecule has 0 heterocycles. The van der Waals surface area contributed by atoms with Crippen LogP contribution in [0.3, 0.4) is 0 Å². The number of carbonyl (C=O) groups is 1. The number of nitrogens with zero attached hydrogens (tertiary/aromatic N) is 1. The Balaban J connectivity index is 2.74. The van der Waals surface area contributed by atoms with Crippen molar-refractivity contribution in [2.75, 3.05) is 13.6 Å². The molecule has 15 heavy (non-hydrogen) atoms. The van der Waals surface area contributed by atoms with E-state index in [-0.39, 0.29) is 5.78 Å². The number of ketones is 1. The molecule has 0 unspecified atom stereocenters. The molecule has 0 aromatic heterocycles. The Hall–Kier alpha value is -1.15. The summed E-state index contributed by atoms with van der Waals surface area (Å²) in [6.07, 6.45) is 0. The summed E-state index contributed by atoms with van der Waals surface area (Å²) in [6, 6.07) is 8.14. The summed E-state index contributed by atoms with van der Waals surface area (Å²) in [6.45, 7) is 6.64. The second-order valence-corrected chi connectivity index (χ2v) is 4.25. The van der Waals surface area contributed by atoms with Crippen LogP contribution in [0.5, 0.6) is 0 Å². The molecule has 0 aliphatic carbocycles. The number of carbonyl (C=O) groups excluding carboxylic acids is 1. The van der Waals surface area contributed by atoms with Crippen LogP contribution in [0, 0.1) is 6.92 Å². The molecule has 0 saturated heterocycles. The van der Waals surface area contributed by atoms with Gasteiger partial charge in [-0.25, -0.2) is 0 Å². The Morgan fingerprint density at radius 2 is 1.93 bits per heavy atom. The maximum absolute atomic E-state index is 11.9. The van der Waals surface area contributed by atoms with Gasteiger partial charge in [0.25, 0.3) is 0 Å². The van der Waals surface area contributed by atoms with Crippen LogP contribution in [0.15, 0.2) is 24.3 Å². The highest BCUT2D eigenvalue weighted by atomic mass is 16.1. The van der Waals surface area contributed by atoms with Gasteiger partial charge in [0, 0.05) is 11.6 Å². The van der Waals surface area contributed by atoms with E-state index < -0.39 is 0 Å². The zero-order chi connectivity index (χ0) is 11.4. The number of likely N-dealkylation sites (N-methyl/N-ethyl adjacent to an activating group) is 1. The van der Waals surface area contributed by atoms with Crippen LogP contribution < -0.4 is 0 Å². The Labute approximate surface area is 91.9 Å². The van der Waals surface area contributed by atoms with E-state index in [1.54, 1.807) is 0 Å². The number of rotatable bonds is 4. The van der Waals surface area contributed by atoms with Gasteiger partial charge in [0.2, 0.25) is 0 Å². The molecule has 0 aliphatic rings. The standard InChI is InChI=1S/C13H19NO/c1-10(2)14(4)9-13(15)12-8-6-5-7-11(12)3/h5-8,10H,9H2,1-4H3. The van der Waals surface area contributed by atoms with Crippen molar-refractivity contribution >= 4 is 5.78 Å². The van der Waals surface area contributed by atoms with Crippen molar-refractivity contribution in [3.63, 3.8) is 0 Å². The van der Waals surface area contributed by atoms with E-state index in [9.17, 15) is 4.79 Å². The first-order valence-corrected chi connectivity index (χ1v) is 5.31. The van der Waals surface area contributed by atoms with Crippen LogP contribution in [0.25, 0.3) is 0 Å². The molecule has 0 bridgehead atoms. The lowest BCUT2D eigenvalue weighted by Crippen LogP contribution is -2.32. The molecular weight excluding hydrogens is 186 g/mol. The van der Waals surface area contributed by atoms with E-state index in [2.05, 4.69) is 18.7 Å². The molecule has 1 rings (SSSR count). The zero-order valence-electron chi connectivity index (χ0n) is 9.95. The number of hydrogen-bond donors (Lipinski definition) is 0. The van der Waals surface area contributed by atoms with Gasteiger partial charge in [-0.15, -0.1) is 0 Å². The molecule has 0 aliphatic heterocycles. The van der Waals surface area contributed by atoms with Crippen molar-refractivity contribution in [2.24, 2.45) is 0 Å². The fourth-order valence-corrected chi connectivity index (χ4v) is 1.38. The first-order chi connectivity index (χ1) is 7.02. The second kappa shape index (κ2) is 5.08. The molecule has 1 aromatic carbocycles. The molecule has 2 heteroatoms. The minimum atomic E-state index is 0.198. The van der Waals surface area contributed by atoms with Gasteiger partial charge in [-0.3, -0.25) is 9.69 Å². The Bertz CT molecular complexity index is 344. The first-order valence-electron chi connectivity index (χ1n) is 5.31. The maximum Gasteiger partial charge on any atom is 0.177 e. The molecule has 0 spiro atoms. The van der Waals surface area contributed by atoms with Crippen LogP contribution >= 0.6 is 0 Å². The van der Waals surface area contributed by atoms with Crippen LogP contribution in [0.2, 0.25) is 0 Å². The third kappa shape index (κ3) is 3.17. The lowest BCUT2D eigenvalue weighted by molar-refractivity contribution is 0.0929. The lowest BCUT2D eigenvalue weighted by atomic mass is 10.0. The van der Waals surface area contributed by atoms with Gasteiger partial charge in [0.15, 0.2) is 5.78 Å². The SMILES string of the molecule is Cc1ccccc1C(=O)CN(C)C(C)C. The average Bonchev–Trinajstić information content (AvgIpc) is 2.18. The van der Waals surface area contributed by atoms with Crippen molar-refractivity contribution in [3.05, 3.63) is 35.4 Å². The zero-order valence-corrected chi connectivity index (χ0v) is 9.95. The van der Waals surface area contributed by atoms with Crippen LogP contribution in [0.1, 0.15) is 29.8 Å².